The number of rotatable bonds is 5. The van der Waals surface area contributed by atoms with Gasteiger partial charge in [0.05, 0.1) is 0 Å². The molecule has 0 spiro atoms. The maximum atomic E-state index is 7.23. The Kier molecular flexibility index (Phi) is 5.12. The lowest BCUT2D eigenvalue weighted by molar-refractivity contribution is 0.236. The second kappa shape index (κ2) is 5.30. The fraction of sp³-hybridized carbons (Fsp3) is 0.778. The van der Waals surface area contributed by atoms with Crippen LogP contribution in [-0.4, -0.2) is 29.7 Å². The van der Waals surface area contributed by atoms with Crippen LogP contribution < -0.4 is 0 Å². The first-order valence-electron chi connectivity index (χ1n) is 4.25. The number of hydrogen-bond donors (Lipinski definition) is 1. The molecule has 0 bridgehead atoms. The summed E-state index contributed by atoms with van der Waals surface area (Å²) in [5.74, 6) is 0. The van der Waals surface area contributed by atoms with E-state index in [2.05, 4.69) is 32.6 Å². The van der Waals surface area contributed by atoms with Gasteiger partial charge in [0.25, 0.3) is 0 Å². The van der Waals surface area contributed by atoms with E-state index in [1.54, 1.807) is 0 Å². The molecule has 2 heteroatoms. The molecule has 0 aliphatic carbocycles. The third-order valence-electron chi connectivity index (χ3n) is 1.98. The largest absolute Gasteiger partial charge is 0.310 e. The van der Waals surface area contributed by atoms with Crippen LogP contribution in [0.3, 0.4) is 0 Å². The number of hydrogen-bond acceptors (Lipinski definition) is 2. The van der Waals surface area contributed by atoms with Crippen molar-refractivity contribution in [3.8, 4) is 0 Å². The third kappa shape index (κ3) is 4.14. The molecule has 0 rings (SSSR count). The summed E-state index contributed by atoms with van der Waals surface area (Å²) in [5.41, 5.74) is 0.532. The van der Waals surface area contributed by atoms with Gasteiger partial charge in [-0.3, -0.25) is 0 Å². The molecule has 0 heterocycles. The molecule has 0 aliphatic rings. The summed E-state index contributed by atoms with van der Waals surface area (Å²) in [5, 5.41) is 7.23. The van der Waals surface area contributed by atoms with E-state index in [4.69, 9.17) is 5.41 Å². The van der Waals surface area contributed by atoms with Crippen molar-refractivity contribution in [1.29, 1.82) is 5.41 Å². The summed E-state index contributed by atoms with van der Waals surface area (Å²) in [4.78, 5) is 2.33. The Morgan fingerprint density at radius 1 is 1.45 bits per heavy atom. The van der Waals surface area contributed by atoms with Gasteiger partial charge < -0.3 is 10.3 Å². The highest BCUT2D eigenvalue weighted by atomic mass is 15.1. The van der Waals surface area contributed by atoms with E-state index in [-0.39, 0.29) is 0 Å². The second-order valence-electron chi connectivity index (χ2n) is 2.88. The highest BCUT2D eigenvalue weighted by molar-refractivity contribution is 5.85. The van der Waals surface area contributed by atoms with Gasteiger partial charge in [0.2, 0.25) is 0 Å². The van der Waals surface area contributed by atoms with Crippen molar-refractivity contribution in [3.05, 3.63) is 6.92 Å². The molecule has 0 saturated carbocycles. The van der Waals surface area contributed by atoms with Crippen LogP contribution in [0.15, 0.2) is 0 Å². The highest BCUT2D eigenvalue weighted by Gasteiger charge is 2.09. The minimum Gasteiger partial charge on any atom is -0.310 e. The Labute approximate surface area is 70.1 Å². The molecule has 11 heavy (non-hydrogen) atoms. The minimum atomic E-state index is 0.468. The number of nitrogens with zero attached hydrogens (tertiary/aromatic N) is 1. The molecule has 1 N–H and O–H groups in total. The van der Waals surface area contributed by atoms with Crippen LogP contribution in [-0.2, 0) is 0 Å². The van der Waals surface area contributed by atoms with Crippen molar-refractivity contribution in [2.75, 3.05) is 13.1 Å². The van der Waals surface area contributed by atoms with Crippen LogP contribution in [0.25, 0.3) is 0 Å². The van der Waals surface area contributed by atoms with Gasteiger partial charge in [-0.2, -0.15) is 0 Å². The van der Waals surface area contributed by atoms with E-state index in [0.717, 1.165) is 19.5 Å². The van der Waals surface area contributed by atoms with Gasteiger partial charge >= 0.3 is 0 Å². The normalized spacial score (nSPS) is 13.5. The summed E-state index contributed by atoms with van der Waals surface area (Å²) in [6.45, 7) is 12.1. The van der Waals surface area contributed by atoms with Gasteiger partial charge in [-0.25, -0.2) is 0 Å². The van der Waals surface area contributed by atoms with Gasteiger partial charge in [-0.05, 0) is 26.9 Å². The maximum Gasteiger partial charge on any atom is 0.0119 e. The van der Waals surface area contributed by atoms with Gasteiger partial charge in [0.15, 0.2) is 0 Å². The molecular formula is C9H19N2. The molecule has 0 aliphatic heterocycles. The quantitative estimate of drug-likeness (QED) is 0.604. The minimum absolute atomic E-state index is 0.468. The average molecular weight is 155 g/mol. The van der Waals surface area contributed by atoms with E-state index >= 15 is 0 Å². The van der Waals surface area contributed by atoms with E-state index in [1.165, 1.54) is 0 Å². The van der Waals surface area contributed by atoms with Gasteiger partial charge in [-0.15, -0.1) is 0 Å². The van der Waals surface area contributed by atoms with Crippen molar-refractivity contribution < 1.29 is 0 Å². The summed E-state index contributed by atoms with van der Waals surface area (Å²) < 4.78 is 0. The van der Waals surface area contributed by atoms with Crippen LogP contribution in [0.5, 0.6) is 0 Å². The standard InChI is InChI=1S/C9H19N2/c1-5-11(6-2)9(4)7-8(3)10/h9-10H,3,5-7H2,1-2,4H3. The third-order valence-corrected chi connectivity index (χ3v) is 1.98. The number of nitrogens with one attached hydrogen (secondary N) is 1. The molecule has 0 amide bonds. The van der Waals surface area contributed by atoms with Crippen molar-refractivity contribution in [1.82, 2.24) is 4.90 Å². The van der Waals surface area contributed by atoms with E-state index in [9.17, 15) is 0 Å². The molecule has 1 unspecified atom stereocenters. The Bertz CT molecular complexity index is 117. The van der Waals surface area contributed by atoms with Crippen molar-refractivity contribution in [2.45, 2.75) is 33.2 Å². The van der Waals surface area contributed by atoms with Crippen LogP contribution in [0, 0.1) is 12.3 Å². The molecule has 0 aromatic heterocycles. The van der Waals surface area contributed by atoms with Crippen molar-refractivity contribution >= 4 is 5.71 Å². The molecule has 65 valence electrons. The SMILES string of the molecule is [CH2]C(=N)CC(C)N(CC)CC. The lowest BCUT2D eigenvalue weighted by Gasteiger charge is -2.25. The van der Waals surface area contributed by atoms with Crippen molar-refractivity contribution in [3.63, 3.8) is 0 Å². The first-order valence-corrected chi connectivity index (χ1v) is 4.25. The zero-order valence-electron chi connectivity index (χ0n) is 7.85. The first kappa shape index (κ1) is 10.6. The first-order chi connectivity index (χ1) is 5.11. The molecule has 1 atom stereocenters. The Balaban J connectivity index is 3.78. The lowest BCUT2D eigenvalue weighted by atomic mass is 10.1. The van der Waals surface area contributed by atoms with Gasteiger partial charge in [0, 0.05) is 18.2 Å². The van der Waals surface area contributed by atoms with E-state index in [1.807, 2.05) is 0 Å². The molecular weight excluding hydrogens is 136 g/mol. The Morgan fingerprint density at radius 3 is 2.18 bits per heavy atom. The molecule has 0 fully saturated rings. The summed E-state index contributed by atoms with van der Waals surface area (Å²) in [7, 11) is 0. The molecule has 0 aromatic rings. The summed E-state index contributed by atoms with van der Waals surface area (Å²) in [6, 6.07) is 0.468. The van der Waals surface area contributed by atoms with Gasteiger partial charge in [-0.1, -0.05) is 13.8 Å². The molecule has 2 nitrogen and oxygen atoms in total. The summed E-state index contributed by atoms with van der Waals surface area (Å²) >= 11 is 0. The Hall–Kier alpha value is -0.370. The lowest BCUT2D eigenvalue weighted by Crippen LogP contribution is -2.33. The molecule has 0 aromatic carbocycles. The zero-order valence-corrected chi connectivity index (χ0v) is 7.85. The predicted octanol–water partition coefficient (Wildman–Crippen LogP) is 1.96. The monoisotopic (exact) mass is 155 g/mol. The topological polar surface area (TPSA) is 27.1 Å². The smallest absolute Gasteiger partial charge is 0.0119 e. The van der Waals surface area contributed by atoms with E-state index < -0.39 is 0 Å². The van der Waals surface area contributed by atoms with Crippen molar-refractivity contribution in [2.24, 2.45) is 0 Å². The Morgan fingerprint density at radius 2 is 1.91 bits per heavy atom. The maximum absolute atomic E-state index is 7.23. The van der Waals surface area contributed by atoms with Crippen LogP contribution >= 0.6 is 0 Å². The van der Waals surface area contributed by atoms with Crippen LogP contribution in [0.2, 0.25) is 0 Å². The van der Waals surface area contributed by atoms with Crippen LogP contribution in [0.4, 0.5) is 0 Å². The molecule has 0 saturated heterocycles. The zero-order chi connectivity index (χ0) is 8.85. The summed E-state index contributed by atoms with van der Waals surface area (Å²) in [6.07, 6.45) is 0.793. The predicted molar refractivity (Wildman–Crippen MR) is 50.1 cm³/mol. The van der Waals surface area contributed by atoms with Crippen LogP contribution in [0.1, 0.15) is 27.2 Å². The fourth-order valence-corrected chi connectivity index (χ4v) is 1.33. The second-order valence-corrected chi connectivity index (χ2v) is 2.88. The van der Waals surface area contributed by atoms with E-state index in [0.29, 0.717) is 11.8 Å². The van der Waals surface area contributed by atoms with Gasteiger partial charge in [0.1, 0.15) is 0 Å². The highest BCUT2D eigenvalue weighted by Crippen LogP contribution is 2.02. The average Bonchev–Trinajstić information content (AvgIpc) is 1.88. The molecule has 1 radical (unpaired) electrons. The fourth-order valence-electron chi connectivity index (χ4n) is 1.33.